The predicted octanol–water partition coefficient (Wildman–Crippen LogP) is 2.95. The van der Waals surface area contributed by atoms with Gasteiger partial charge in [-0.05, 0) is 43.9 Å². The van der Waals surface area contributed by atoms with Crippen molar-refractivity contribution in [3.8, 4) is 0 Å². The molecule has 0 aromatic heterocycles. The van der Waals surface area contributed by atoms with Crippen molar-refractivity contribution in [3.63, 3.8) is 0 Å². The normalized spacial score (nSPS) is 20.2. The average molecular weight is 428 g/mol. The largest absolute Gasteiger partial charge is 0.453 e. The lowest BCUT2D eigenvalue weighted by molar-refractivity contribution is -0.125. The molecule has 2 aliphatic rings. The lowest BCUT2D eigenvalue weighted by Crippen LogP contribution is -2.52. The molecule has 7 nitrogen and oxygen atoms in total. The van der Waals surface area contributed by atoms with Crippen LogP contribution in [0.3, 0.4) is 0 Å². The zero-order valence-corrected chi connectivity index (χ0v) is 17.1. The Morgan fingerprint density at radius 1 is 1.04 bits per heavy atom. The minimum Gasteiger partial charge on any atom is -0.453 e. The fraction of sp³-hybridized carbons (Fsp3) is 0.526. The van der Waals surface area contributed by atoms with Crippen LogP contribution in [0.2, 0.25) is 10.0 Å². The Labute approximate surface area is 173 Å². The second-order valence-corrected chi connectivity index (χ2v) is 7.93. The number of nitrogens with one attached hydrogen (secondary N) is 1. The predicted molar refractivity (Wildman–Crippen MR) is 106 cm³/mol. The third kappa shape index (κ3) is 4.70. The first-order valence-electron chi connectivity index (χ1n) is 9.29. The molecular weight excluding hydrogens is 405 g/mol. The van der Waals surface area contributed by atoms with Crippen molar-refractivity contribution >= 4 is 41.1 Å². The molecule has 0 spiro atoms. The standard InChI is InChI=1S/C19H23Cl2N3O4/c1-28-19(27)23-7-4-15(5-8-23)22-17(25)16-3-2-6-24(16)18(26)12-9-13(20)11-14(21)10-12/h9-11,15-16H,2-8H2,1H3,(H,22,25). The van der Waals surface area contributed by atoms with E-state index < -0.39 is 6.04 Å². The van der Waals surface area contributed by atoms with Gasteiger partial charge in [0.2, 0.25) is 5.91 Å². The maximum absolute atomic E-state index is 12.9. The van der Waals surface area contributed by atoms with Crippen LogP contribution in [0.4, 0.5) is 4.79 Å². The van der Waals surface area contributed by atoms with Gasteiger partial charge in [-0.3, -0.25) is 9.59 Å². The van der Waals surface area contributed by atoms with E-state index in [9.17, 15) is 14.4 Å². The van der Waals surface area contributed by atoms with Crippen LogP contribution in [0, 0.1) is 0 Å². The number of hydrogen-bond donors (Lipinski definition) is 1. The number of hydrogen-bond acceptors (Lipinski definition) is 4. The Bertz CT molecular complexity index is 745. The molecule has 0 radical (unpaired) electrons. The molecule has 2 fully saturated rings. The van der Waals surface area contributed by atoms with Crippen molar-refractivity contribution in [3.05, 3.63) is 33.8 Å². The molecule has 2 heterocycles. The molecule has 3 amide bonds. The molecule has 2 aliphatic heterocycles. The molecule has 1 N–H and O–H groups in total. The monoisotopic (exact) mass is 427 g/mol. The summed E-state index contributed by atoms with van der Waals surface area (Å²) in [5.41, 5.74) is 0.378. The lowest BCUT2D eigenvalue weighted by atomic mass is 10.0. The minimum absolute atomic E-state index is 0.0217. The fourth-order valence-corrected chi connectivity index (χ4v) is 4.28. The fourth-order valence-electron chi connectivity index (χ4n) is 3.76. The topological polar surface area (TPSA) is 79.0 Å². The number of carbonyl (C=O) groups excluding carboxylic acids is 3. The summed E-state index contributed by atoms with van der Waals surface area (Å²) >= 11 is 12.0. The number of benzene rings is 1. The molecule has 9 heteroatoms. The number of carbonyl (C=O) groups is 3. The maximum Gasteiger partial charge on any atom is 0.409 e. The van der Waals surface area contributed by atoms with E-state index in [1.807, 2.05) is 0 Å². The maximum atomic E-state index is 12.9. The highest BCUT2D eigenvalue weighted by Gasteiger charge is 2.36. The van der Waals surface area contributed by atoms with E-state index in [2.05, 4.69) is 5.32 Å². The number of nitrogens with zero attached hydrogens (tertiary/aromatic N) is 2. The van der Waals surface area contributed by atoms with Crippen LogP contribution in [0.25, 0.3) is 0 Å². The number of methoxy groups -OCH3 is 1. The Morgan fingerprint density at radius 2 is 1.68 bits per heavy atom. The molecule has 1 aromatic rings. The van der Waals surface area contributed by atoms with Gasteiger partial charge in [-0.25, -0.2) is 4.79 Å². The minimum atomic E-state index is -0.510. The van der Waals surface area contributed by atoms with E-state index in [4.69, 9.17) is 27.9 Å². The first-order valence-corrected chi connectivity index (χ1v) is 10.0. The number of ether oxygens (including phenoxy) is 1. The van der Waals surface area contributed by atoms with Crippen LogP contribution in [0.1, 0.15) is 36.0 Å². The van der Waals surface area contributed by atoms with E-state index in [-0.39, 0.29) is 23.9 Å². The number of rotatable bonds is 3. The highest BCUT2D eigenvalue weighted by atomic mass is 35.5. The summed E-state index contributed by atoms with van der Waals surface area (Å²) in [4.78, 5) is 40.4. The SMILES string of the molecule is COC(=O)N1CCC(NC(=O)C2CCCN2C(=O)c2cc(Cl)cc(Cl)c2)CC1. The van der Waals surface area contributed by atoms with E-state index >= 15 is 0 Å². The van der Waals surface area contributed by atoms with Crippen LogP contribution in [0.5, 0.6) is 0 Å². The summed E-state index contributed by atoms with van der Waals surface area (Å²) in [6.45, 7) is 1.58. The molecule has 1 aromatic carbocycles. The van der Waals surface area contributed by atoms with Crippen molar-refractivity contribution < 1.29 is 19.1 Å². The summed E-state index contributed by atoms with van der Waals surface area (Å²) in [7, 11) is 1.36. The van der Waals surface area contributed by atoms with Gasteiger partial charge in [-0.15, -0.1) is 0 Å². The molecule has 3 rings (SSSR count). The molecule has 0 saturated carbocycles. The first kappa shape index (κ1) is 20.7. The number of amides is 3. The van der Waals surface area contributed by atoms with Crippen molar-refractivity contribution in [1.29, 1.82) is 0 Å². The van der Waals surface area contributed by atoms with Crippen molar-refractivity contribution in [2.24, 2.45) is 0 Å². The zero-order chi connectivity index (χ0) is 20.3. The van der Waals surface area contributed by atoms with Crippen LogP contribution in [-0.2, 0) is 9.53 Å². The quantitative estimate of drug-likeness (QED) is 0.803. The third-order valence-corrected chi connectivity index (χ3v) is 5.64. The molecule has 1 unspecified atom stereocenters. The van der Waals surface area contributed by atoms with Gasteiger partial charge in [-0.2, -0.15) is 0 Å². The van der Waals surface area contributed by atoms with Crippen LogP contribution in [-0.4, -0.2) is 66.5 Å². The number of halogens is 2. The Balaban J connectivity index is 1.60. The Hall–Kier alpha value is -1.99. The van der Waals surface area contributed by atoms with Gasteiger partial charge >= 0.3 is 6.09 Å². The van der Waals surface area contributed by atoms with E-state index in [1.54, 1.807) is 28.0 Å². The molecule has 0 bridgehead atoms. The van der Waals surface area contributed by atoms with Gasteiger partial charge in [0.1, 0.15) is 6.04 Å². The molecule has 152 valence electrons. The summed E-state index contributed by atoms with van der Waals surface area (Å²) in [5.74, 6) is -0.405. The number of likely N-dealkylation sites (tertiary alicyclic amines) is 2. The first-order chi connectivity index (χ1) is 13.4. The summed E-state index contributed by atoms with van der Waals surface area (Å²) in [5, 5.41) is 3.80. The van der Waals surface area contributed by atoms with Crippen LogP contribution in [0.15, 0.2) is 18.2 Å². The summed E-state index contributed by atoms with van der Waals surface area (Å²) < 4.78 is 4.72. The van der Waals surface area contributed by atoms with Gasteiger partial charge in [0.15, 0.2) is 0 Å². The molecule has 28 heavy (non-hydrogen) atoms. The van der Waals surface area contributed by atoms with Gasteiger partial charge in [-0.1, -0.05) is 23.2 Å². The van der Waals surface area contributed by atoms with Gasteiger partial charge in [0.05, 0.1) is 7.11 Å². The van der Waals surface area contributed by atoms with Crippen molar-refractivity contribution in [2.75, 3.05) is 26.7 Å². The summed E-state index contributed by atoms with van der Waals surface area (Å²) in [6, 6.07) is 4.15. The molecule has 0 aliphatic carbocycles. The second-order valence-electron chi connectivity index (χ2n) is 7.05. The van der Waals surface area contributed by atoms with Crippen molar-refractivity contribution in [2.45, 2.75) is 37.8 Å². The Morgan fingerprint density at radius 3 is 2.29 bits per heavy atom. The van der Waals surface area contributed by atoms with Crippen LogP contribution < -0.4 is 5.32 Å². The zero-order valence-electron chi connectivity index (χ0n) is 15.6. The average Bonchev–Trinajstić information content (AvgIpc) is 3.16. The van der Waals surface area contributed by atoms with Gasteiger partial charge in [0.25, 0.3) is 5.91 Å². The third-order valence-electron chi connectivity index (χ3n) is 5.20. The highest BCUT2D eigenvalue weighted by Crippen LogP contribution is 2.25. The molecule has 1 atom stereocenters. The van der Waals surface area contributed by atoms with E-state index in [0.29, 0.717) is 54.5 Å². The smallest absolute Gasteiger partial charge is 0.409 e. The molecule has 2 saturated heterocycles. The van der Waals surface area contributed by atoms with Gasteiger partial charge in [0, 0.05) is 41.3 Å². The summed E-state index contributed by atoms with van der Waals surface area (Å²) in [6.07, 6.45) is 2.35. The number of piperidine rings is 1. The van der Waals surface area contributed by atoms with E-state index in [0.717, 1.165) is 6.42 Å². The second kappa shape index (κ2) is 9.01. The highest BCUT2D eigenvalue weighted by molar-refractivity contribution is 6.35. The van der Waals surface area contributed by atoms with Crippen LogP contribution >= 0.6 is 23.2 Å². The van der Waals surface area contributed by atoms with Gasteiger partial charge < -0.3 is 19.9 Å². The lowest BCUT2D eigenvalue weighted by Gasteiger charge is -2.33. The molecular formula is C19H23Cl2N3O4. The van der Waals surface area contributed by atoms with Crippen molar-refractivity contribution in [1.82, 2.24) is 15.1 Å². The van der Waals surface area contributed by atoms with E-state index in [1.165, 1.54) is 7.11 Å². The Kier molecular flexibility index (Phi) is 6.67.